The van der Waals surface area contributed by atoms with Crippen LogP contribution in [0, 0.1) is 6.92 Å². The summed E-state index contributed by atoms with van der Waals surface area (Å²) in [5, 5.41) is 2.18. The van der Waals surface area contributed by atoms with Gasteiger partial charge in [0.25, 0.3) is 0 Å². The number of rotatable bonds is 8. The quantitative estimate of drug-likeness (QED) is 0.723. The summed E-state index contributed by atoms with van der Waals surface area (Å²) in [6.45, 7) is 10.9. The molecule has 0 amide bonds. The van der Waals surface area contributed by atoms with Crippen molar-refractivity contribution >= 4 is 11.3 Å². The molecule has 104 valence electrons. The Morgan fingerprint density at radius 1 is 1.33 bits per heavy atom. The van der Waals surface area contributed by atoms with Crippen LogP contribution in [0.4, 0.5) is 0 Å². The van der Waals surface area contributed by atoms with Crippen LogP contribution in [0.2, 0.25) is 0 Å². The van der Waals surface area contributed by atoms with Crippen LogP contribution in [0.5, 0.6) is 0 Å². The Morgan fingerprint density at radius 3 is 2.50 bits per heavy atom. The lowest BCUT2D eigenvalue weighted by Gasteiger charge is -2.34. The first kappa shape index (κ1) is 15.7. The van der Waals surface area contributed by atoms with E-state index in [2.05, 4.69) is 44.0 Å². The van der Waals surface area contributed by atoms with Gasteiger partial charge in [-0.1, -0.05) is 19.8 Å². The fourth-order valence-electron chi connectivity index (χ4n) is 2.44. The van der Waals surface area contributed by atoms with E-state index in [0.717, 1.165) is 6.54 Å². The Kier molecular flexibility index (Phi) is 6.90. The molecule has 0 aliphatic heterocycles. The molecule has 0 fully saturated rings. The van der Waals surface area contributed by atoms with Gasteiger partial charge in [0.2, 0.25) is 0 Å². The van der Waals surface area contributed by atoms with Crippen molar-refractivity contribution < 1.29 is 0 Å². The third-order valence-electron chi connectivity index (χ3n) is 3.51. The maximum Gasteiger partial charge on any atom is 0.0569 e. The zero-order valence-electron chi connectivity index (χ0n) is 12.3. The van der Waals surface area contributed by atoms with E-state index in [1.807, 2.05) is 11.3 Å². The summed E-state index contributed by atoms with van der Waals surface area (Å²) >= 11 is 1.85. The highest BCUT2D eigenvalue weighted by molar-refractivity contribution is 7.10. The van der Waals surface area contributed by atoms with Gasteiger partial charge in [0.05, 0.1) is 6.04 Å². The van der Waals surface area contributed by atoms with Crippen LogP contribution in [0.3, 0.4) is 0 Å². The summed E-state index contributed by atoms with van der Waals surface area (Å²) in [6, 6.07) is 3.14. The molecule has 18 heavy (non-hydrogen) atoms. The number of nitrogens with zero attached hydrogens (tertiary/aromatic N) is 1. The van der Waals surface area contributed by atoms with Gasteiger partial charge in [-0.05, 0) is 50.7 Å². The minimum atomic E-state index is 0.391. The van der Waals surface area contributed by atoms with Gasteiger partial charge < -0.3 is 5.73 Å². The summed E-state index contributed by atoms with van der Waals surface area (Å²) in [4.78, 5) is 4.01. The summed E-state index contributed by atoms with van der Waals surface area (Å²) in [6.07, 6.45) is 3.86. The molecule has 0 bridgehead atoms. The highest BCUT2D eigenvalue weighted by Gasteiger charge is 2.23. The van der Waals surface area contributed by atoms with Crippen LogP contribution < -0.4 is 5.73 Å². The highest BCUT2D eigenvalue weighted by Crippen LogP contribution is 2.29. The standard InChI is InChI=1S/C15H28N2S/c1-5-6-7-9-17(12(2)3)14(11-16)15-13(4)8-10-18-15/h8,10,12,14H,5-7,9,11,16H2,1-4H3. The molecule has 0 aliphatic rings. The van der Waals surface area contributed by atoms with Gasteiger partial charge in [-0.15, -0.1) is 11.3 Å². The summed E-state index contributed by atoms with van der Waals surface area (Å²) < 4.78 is 0. The Hall–Kier alpha value is -0.380. The second kappa shape index (κ2) is 7.93. The van der Waals surface area contributed by atoms with Crippen molar-refractivity contribution in [2.24, 2.45) is 5.73 Å². The second-order valence-corrected chi connectivity index (χ2v) is 6.21. The normalized spacial score (nSPS) is 13.5. The largest absolute Gasteiger partial charge is 0.329 e. The van der Waals surface area contributed by atoms with Crippen molar-refractivity contribution in [2.45, 2.75) is 59.0 Å². The molecule has 1 aromatic rings. The molecule has 0 saturated heterocycles. The highest BCUT2D eigenvalue weighted by atomic mass is 32.1. The van der Waals surface area contributed by atoms with Gasteiger partial charge in [0, 0.05) is 17.5 Å². The number of unbranched alkanes of at least 4 members (excludes halogenated alkanes) is 2. The third-order valence-corrected chi connectivity index (χ3v) is 4.63. The first-order chi connectivity index (χ1) is 8.61. The Morgan fingerprint density at radius 2 is 2.06 bits per heavy atom. The average molecular weight is 268 g/mol. The predicted molar refractivity (Wildman–Crippen MR) is 82.2 cm³/mol. The number of thiophene rings is 1. The number of aryl methyl sites for hydroxylation is 1. The van der Waals surface area contributed by atoms with Crippen molar-refractivity contribution in [1.82, 2.24) is 4.90 Å². The molecule has 3 heteroatoms. The molecule has 0 radical (unpaired) electrons. The van der Waals surface area contributed by atoms with Crippen LogP contribution >= 0.6 is 11.3 Å². The predicted octanol–water partition coefficient (Wildman–Crippen LogP) is 3.96. The molecule has 0 spiro atoms. The van der Waals surface area contributed by atoms with Crippen molar-refractivity contribution in [1.29, 1.82) is 0 Å². The number of nitrogens with two attached hydrogens (primary N) is 1. The molecule has 0 saturated carbocycles. The van der Waals surface area contributed by atoms with E-state index in [1.54, 1.807) is 0 Å². The first-order valence-corrected chi connectivity index (χ1v) is 7.99. The van der Waals surface area contributed by atoms with E-state index in [0.29, 0.717) is 18.6 Å². The molecular weight excluding hydrogens is 240 g/mol. The molecule has 1 unspecified atom stereocenters. The van der Waals surface area contributed by atoms with E-state index in [-0.39, 0.29) is 0 Å². The van der Waals surface area contributed by atoms with Gasteiger partial charge in [-0.3, -0.25) is 4.90 Å². The fraction of sp³-hybridized carbons (Fsp3) is 0.733. The summed E-state index contributed by atoms with van der Waals surface area (Å²) in [7, 11) is 0. The summed E-state index contributed by atoms with van der Waals surface area (Å²) in [5.74, 6) is 0. The maximum absolute atomic E-state index is 6.04. The number of hydrogen-bond donors (Lipinski definition) is 1. The smallest absolute Gasteiger partial charge is 0.0569 e. The molecule has 1 rings (SSSR count). The molecule has 2 nitrogen and oxygen atoms in total. The van der Waals surface area contributed by atoms with Gasteiger partial charge in [0.1, 0.15) is 0 Å². The molecule has 0 aromatic carbocycles. The van der Waals surface area contributed by atoms with Crippen molar-refractivity contribution in [2.75, 3.05) is 13.1 Å². The number of hydrogen-bond acceptors (Lipinski definition) is 3. The van der Waals surface area contributed by atoms with Crippen LogP contribution in [-0.2, 0) is 0 Å². The van der Waals surface area contributed by atoms with Crippen LogP contribution in [0.15, 0.2) is 11.4 Å². The zero-order valence-corrected chi connectivity index (χ0v) is 13.1. The zero-order chi connectivity index (χ0) is 13.5. The Labute approximate surface area is 116 Å². The first-order valence-electron chi connectivity index (χ1n) is 7.11. The van der Waals surface area contributed by atoms with E-state index < -0.39 is 0 Å². The molecule has 1 heterocycles. The van der Waals surface area contributed by atoms with E-state index in [9.17, 15) is 0 Å². The van der Waals surface area contributed by atoms with Gasteiger partial charge in [-0.25, -0.2) is 0 Å². The van der Waals surface area contributed by atoms with Crippen LogP contribution in [0.1, 0.15) is 56.5 Å². The minimum absolute atomic E-state index is 0.391. The van der Waals surface area contributed by atoms with Crippen LogP contribution in [-0.4, -0.2) is 24.0 Å². The van der Waals surface area contributed by atoms with Gasteiger partial charge in [0.15, 0.2) is 0 Å². The van der Waals surface area contributed by atoms with Crippen molar-refractivity contribution in [3.8, 4) is 0 Å². The van der Waals surface area contributed by atoms with Gasteiger partial charge in [-0.2, -0.15) is 0 Å². The van der Waals surface area contributed by atoms with E-state index in [4.69, 9.17) is 5.73 Å². The van der Waals surface area contributed by atoms with Crippen molar-refractivity contribution in [3.63, 3.8) is 0 Å². The monoisotopic (exact) mass is 268 g/mol. The van der Waals surface area contributed by atoms with E-state index >= 15 is 0 Å². The lowest BCUT2D eigenvalue weighted by atomic mass is 10.1. The fourth-order valence-corrected chi connectivity index (χ4v) is 3.50. The lowest BCUT2D eigenvalue weighted by Crippen LogP contribution is -2.39. The molecule has 1 atom stereocenters. The second-order valence-electron chi connectivity index (χ2n) is 5.26. The third kappa shape index (κ3) is 4.08. The van der Waals surface area contributed by atoms with Crippen molar-refractivity contribution in [3.05, 3.63) is 21.9 Å². The van der Waals surface area contributed by atoms with Gasteiger partial charge >= 0.3 is 0 Å². The molecule has 0 aliphatic carbocycles. The topological polar surface area (TPSA) is 29.3 Å². The maximum atomic E-state index is 6.04. The molecule has 2 N–H and O–H groups in total. The Bertz CT molecular complexity index is 333. The minimum Gasteiger partial charge on any atom is -0.329 e. The lowest BCUT2D eigenvalue weighted by molar-refractivity contribution is 0.156. The average Bonchev–Trinajstić information content (AvgIpc) is 2.74. The molecule has 1 aromatic heterocycles. The van der Waals surface area contributed by atoms with Crippen LogP contribution in [0.25, 0.3) is 0 Å². The molecular formula is C15H28N2S. The summed E-state index contributed by atoms with van der Waals surface area (Å²) in [5.41, 5.74) is 7.43. The Balaban J connectivity index is 2.78. The SMILES string of the molecule is CCCCCN(C(C)C)C(CN)c1sccc1C. The van der Waals surface area contributed by atoms with E-state index in [1.165, 1.54) is 29.7 Å².